The fourth-order valence-corrected chi connectivity index (χ4v) is 3.69. The van der Waals surface area contributed by atoms with Crippen LogP contribution >= 0.6 is 11.6 Å². The van der Waals surface area contributed by atoms with Crippen molar-refractivity contribution in [2.24, 2.45) is 0 Å². The van der Waals surface area contributed by atoms with Gasteiger partial charge in [-0.2, -0.15) is 0 Å². The van der Waals surface area contributed by atoms with Gasteiger partial charge in [0.15, 0.2) is 0 Å². The molecule has 0 radical (unpaired) electrons. The number of benzene rings is 2. The van der Waals surface area contributed by atoms with E-state index in [1.807, 2.05) is 42.5 Å². The van der Waals surface area contributed by atoms with Crippen LogP contribution in [0.15, 0.2) is 48.5 Å². The first kappa shape index (κ1) is 17.6. The fraction of sp³-hybridized carbons (Fsp3) is 0.238. The highest BCUT2D eigenvalue weighted by Gasteiger charge is 2.25. The number of aryl methyl sites for hydroxylation is 1. The second-order valence-corrected chi connectivity index (χ2v) is 7.17. The highest BCUT2D eigenvalue weighted by Crippen LogP contribution is 2.32. The van der Waals surface area contributed by atoms with Crippen molar-refractivity contribution in [3.8, 4) is 11.3 Å². The van der Waals surface area contributed by atoms with Crippen molar-refractivity contribution in [3.63, 3.8) is 0 Å². The van der Waals surface area contributed by atoms with Crippen LogP contribution in [0.4, 0.5) is 0 Å². The lowest BCUT2D eigenvalue weighted by atomic mass is 10.0. The summed E-state index contributed by atoms with van der Waals surface area (Å²) in [6.45, 7) is 0.618. The van der Waals surface area contributed by atoms with E-state index in [2.05, 4.69) is 21.7 Å². The van der Waals surface area contributed by atoms with Crippen LogP contribution in [-0.2, 0) is 16.0 Å². The number of aromatic amines is 1. The molecule has 4 rings (SSSR count). The largest absolute Gasteiger partial charge is 0.354 e. The number of hydrogen-bond acceptors (Lipinski definition) is 2. The van der Waals surface area contributed by atoms with Crippen molar-refractivity contribution in [1.82, 2.24) is 15.6 Å². The molecule has 1 saturated heterocycles. The van der Waals surface area contributed by atoms with Crippen molar-refractivity contribution in [2.45, 2.75) is 25.3 Å². The van der Waals surface area contributed by atoms with E-state index in [1.165, 1.54) is 0 Å². The third kappa shape index (κ3) is 3.69. The average Bonchev–Trinajstić information content (AvgIpc) is 3.24. The minimum absolute atomic E-state index is 0.0997. The predicted octanol–water partition coefficient (Wildman–Crippen LogP) is 3.43. The molecule has 2 amide bonds. The predicted molar refractivity (Wildman–Crippen MR) is 107 cm³/mol. The van der Waals surface area contributed by atoms with Crippen LogP contribution in [0.5, 0.6) is 0 Å². The van der Waals surface area contributed by atoms with Gasteiger partial charge in [0.2, 0.25) is 11.8 Å². The molecule has 6 heteroatoms. The Morgan fingerprint density at radius 3 is 2.67 bits per heavy atom. The molecule has 1 aliphatic rings. The van der Waals surface area contributed by atoms with Crippen molar-refractivity contribution in [3.05, 3.63) is 59.1 Å². The molecule has 1 aliphatic heterocycles. The van der Waals surface area contributed by atoms with Crippen molar-refractivity contribution >= 4 is 34.3 Å². The molecular weight excluding hydrogens is 362 g/mol. The van der Waals surface area contributed by atoms with Crippen LogP contribution in [0.2, 0.25) is 5.02 Å². The van der Waals surface area contributed by atoms with Crippen molar-refractivity contribution in [1.29, 1.82) is 0 Å². The molecule has 1 aromatic heterocycles. The molecule has 1 fully saturated rings. The fourth-order valence-electron chi connectivity index (χ4n) is 3.56. The number of carbonyl (C=O) groups excluding carboxylic acids is 2. The summed E-state index contributed by atoms with van der Waals surface area (Å²) in [7, 11) is 0. The van der Waals surface area contributed by atoms with Gasteiger partial charge >= 0.3 is 0 Å². The van der Waals surface area contributed by atoms with Gasteiger partial charge in [-0.05, 0) is 42.2 Å². The van der Waals surface area contributed by atoms with Gasteiger partial charge in [0.05, 0.1) is 0 Å². The average molecular weight is 382 g/mol. The minimum Gasteiger partial charge on any atom is -0.354 e. The number of para-hydroxylation sites is 1. The Bertz CT molecular complexity index is 994. The molecular formula is C21H20ClN3O2. The zero-order valence-corrected chi connectivity index (χ0v) is 15.5. The summed E-state index contributed by atoms with van der Waals surface area (Å²) < 4.78 is 0. The van der Waals surface area contributed by atoms with Gasteiger partial charge in [0.25, 0.3) is 0 Å². The highest BCUT2D eigenvalue weighted by atomic mass is 35.5. The molecule has 138 valence electrons. The Balaban J connectivity index is 1.58. The molecule has 1 atom stereocenters. The van der Waals surface area contributed by atoms with Gasteiger partial charge in [-0.25, -0.2) is 0 Å². The number of H-pyrrole nitrogens is 1. The Kier molecular flexibility index (Phi) is 4.86. The van der Waals surface area contributed by atoms with Gasteiger partial charge in [0.1, 0.15) is 6.04 Å². The Morgan fingerprint density at radius 1 is 1.15 bits per heavy atom. The number of carbonyl (C=O) groups is 2. The van der Waals surface area contributed by atoms with Gasteiger partial charge in [0, 0.05) is 34.6 Å². The second-order valence-electron chi connectivity index (χ2n) is 6.73. The van der Waals surface area contributed by atoms with Crippen LogP contribution in [-0.4, -0.2) is 29.4 Å². The number of amides is 2. The number of aromatic nitrogens is 1. The van der Waals surface area contributed by atoms with E-state index in [-0.39, 0.29) is 11.8 Å². The quantitative estimate of drug-likeness (QED) is 0.633. The van der Waals surface area contributed by atoms with Crippen LogP contribution < -0.4 is 10.6 Å². The summed E-state index contributed by atoms with van der Waals surface area (Å²) in [6, 6.07) is 15.3. The first-order valence-corrected chi connectivity index (χ1v) is 9.42. The van der Waals surface area contributed by atoms with E-state index < -0.39 is 6.04 Å². The Hall–Kier alpha value is -2.79. The zero-order valence-electron chi connectivity index (χ0n) is 14.7. The van der Waals surface area contributed by atoms with Crippen molar-refractivity contribution < 1.29 is 9.59 Å². The summed E-state index contributed by atoms with van der Waals surface area (Å²) in [5.41, 5.74) is 4.16. The summed E-state index contributed by atoms with van der Waals surface area (Å²) >= 11 is 6.02. The Labute approximate surface area is 162 Å². The molecule has 3 aromatic rings. The van der Waals surface area contributed by atoms with Crippen molar-refractivity contribution in [2.75, 3.05) is 6.54 Å². The minimum atomic E-state index is -0.406. The van der Waals surface area contributed by atoms with Gasteiger partial charge in [-0.1, -0.05) is 41.9 Å². The zero-order chi connectivity index (χ0) is 18.8. The molecule has 0 spiro atoms. The van der Waals surface area contributed by atoms with E-state index in [0.29, 0.717) is 30.8 Å². The molecule has 0 aliphatic carbocycles. The first-order valence-electron chi connectivity index (χ1n) is 9.04. The maximum Gasteiger partial charge on any atom is 0.242 e. The number of hydrogen-bond donors (Lipinski definition) is 3. The summed E-state index contributed by atoms with van der Waals surface area (Å²) in [6.07, 6.45) is 1.56. The lowest BCUT2D eigenvalue weighted by molar-refractivity contribution is -0.127. The SMILES string of the molecule is O=C(CCc1c(-c2ccc(Cl)cc2)[nH]c2ccccc12)NC1CCNC1=O. The number of nitrogens with one attached hydrogen (secondary N) is 3. The Morgan fingerprint density at radius 2 is 1.93 bits per heavy atom. The van der Waals surface area contributed by atoms with E-state index in [4.69, 9.17) is 11.6 Å². The monoisotopic (exact) mass is 381 g/mol. The highest BCUT2D eigenvalue weighted by molar-refractivity contribution is 6.30. The smallest absolute Gasteiger partial charge is 0.242 e. The lowest BCUT2D eigenvalue weighted by Crippen LogP contribution is -2.40. The normalized spacial score (nSPS) is 16.5. The first-order chi connectivity index (χ1) is 13.1. The van der Waals surface area contributed by atoms with Crippen LogP contribution in [0.25, 0.3) is 22.2 Å². The molecule has 27 heavy (non-hydrogen) atoms. The van der Waals surface area contributed by atoms with E-state index in [9.17, 15) is 9.59 Å². The molecule has 0 bridgehead atoms. The standard InChI is InChI=1S/C21H20ClN3O2/c22-14-7-5-13(6-8-14)20-16(15-3-1-2-4-17(15)25-20)9-10-19(26)24-18-11-12-23-21(18)27/h1-8,18,25H,9-12H2,(H,23,27)(H,24,26). The van der Waals surface area contributed by atoms with Gasteiger partial charge in [-0.15, -0.1) is 0 Å². The molecule has 2 aromatic carbocycles. The maximum atomic E-state index is 12.3. The number of fused-ring (bicyclic) bond motifs is 1. The maximum absolute atomic E-state index is 12.3. The van der Waals surface area contributed by atoms with E-state index in [1.54, 1.807) is 0 Å². The molecule has 5 nitrogen and oxygen atoms in total. The second kappa shape index (κ2) is 7.45. The van der Waals surface area contributed by atoms with Crippen LogP contribution in [0, 0.1) is 0 Å². The van der Waals surface area contributed by atoms with Gasteiger partial charge in [-0.3, -0.25) is 9.59 Å². The number of rotatable bonds is 5. The van der Waals surface area contributed by atoms with Crippen LogP contribution in [0.3, 0.4) is 0 Å². The lowest BCUT2D eigenvalue weighted by Gasteiger charge is -2.10. The molecule has 0 saturated carbocycles. The molecule has 2 heterocycles. The molecule has 1 unspecified atom stereocenters. The third-order valence-corrected chi connectivity index (χ3v) is 5.18. The number of halogens is 1. The van der Waals surface area contributed by atoms with E-state index >= 15 is 0 Å². The van der Waals surface area contributed by atoms with Crippen LogP contribution in [0.1, 0.15) is 18.4 Å². The summed E-state index contributed by atoms with van der Waals surface area (Å²) in [5.74, 6) is -0.207. The summed E-state index contributed by atoms with van der Waals surface area (Å²) in [4.78, 5) is 27.5. The van der Waals surface area contributed by atoms with E-state index in [0.717, 1.165) is 27.7 Å². The summed E-state index contributed by atoms with van der Waals surface area (Å²) in [5, 5.41) is 7.35. The topological polar surface area (TPSA) is 74.0 Å². The third-order valence-electron chi connectivity index (χ3n) is 4.93. The van der Waals surface area contributed by atoms with Gasteiger partial charge < -0.3 is 15.6 Å². The molecule has 3 N–H and O–H groups in total.